The fraction of sp³-hybridized carbons (Fsp3) is 0.500. The van der Waals surface area contributed by atoms with Gasteiger partial charge in [0.25, 0.3) is 5.91 Å². The number of imidazole rings is 1. The summed E-state index contributed by atoms with van der Waals surface area (Å²) in [6, 6.07) is 5.98. The Hall–Kier alpha value is -2.70. The fourth-order valence-electron chi connectivity index (χ4n) is 5.70. The Morgan fingerprint density at radius 1 is 1.21 bits per heavy atom. The maximum Gasteiger partial charge on any atom is 0.291 e. The minimum atomic E-state index is -1.03. The van der Waals surface area contributed by atoms with Crippen molar-refractivity contribution in [3.8, 4) is 0 Å². The zero-order chi connectivity index (χ0) is 24.3. The molecule has 2 aliphatic heterocycles. The highest BCUT2D eigenvalue weighted by atomic mass is 16.5. The number of H-pyrrole nitrogens is 1. The number of amides is 1. The smallest absolute Gasteiger partial charge is 0.291 e. The summed E-state index contributed by atoms with van der Waals surface area (Å²) in [6.45, 7) is 10.6. The van der Waals surface area contributed by atoms with E-state index < -0.39 is 5.60 Å². The van der Waals surface area contributed by atoms with Crippen LogP contribution >= 0.6 is 0 Å². The molecule has 1 aromatic carbocycles. The number of aromatic nitrogens is 2. The lowest BCUT2D eigenvalue weighted by molar-refractivity contribution is -0.187. The number of benzene rings is 1. The van der Waals surface area contributed by atoms with E-state index in [0.717, 1.165) is 41.8 Å². The molecular formula is C28H35N3O3. The number of hydrogen-bond acceptors (Lipinski definition) is 4. The SMILES string of the molecule is Cc1cnc(C(=O)Nc2ccc(C3(O)[C@H](C)C4C=C[C@H](O4)[C@@H]3C)cc2C2=CCC(C)(C)CC2)[nH]1. The standard InChI is InChI=1S/C28H35N3O3/c1-16-15-29-25(30-16)26(32)31-22-7-6-20(14-21(22)19-10-12-27(4,5)13-11-19)28(33)17(2)23-8-9-24(34-23)18(28)3/h6-10,14-15,17-18,23-24,33H,11-13H2,1-5H3,(H,29,30)(H,31,32)/t17-,18+,23-,24?,28?/m0/s1. The first-order valence-corrected chi connectivity index (χ1v) is 12.3. The molecule has 34 heavy (non-hydrogen) atoms. The number of carbonyl (C=O) groups is 1. The van der Waals surface area contributed by atoms with Crippen LogP contribution in [0.3, 0.4) is 0 Å². The van der Waals surface area contributed by atoms with Crippen LogP contribution in [0.5, 0.6) is 0 Å². The largest absolute Gasteiger partial charge is 0.384 e. The molecule has 0 saturated carbocycles. The predicted octanol–water partition coefficient (Wildman–Crippen LogP) is 5.36. The molecule has 0 radical (unpaired) electrons. The number of hydrogen-bond donors (Lipinski definition) is 3. The predicted molar refractivity (Wildman–Crippen MR) is 133 cm³/mol. The molecule has 3 heterocycles. The van der Waals surface area contributed by atoms with Crippen LogP contribution in [0.1, 0.15) is 74.4 Å². The monoisotopic (exact) mass is 461 g/mol. The molecule has 2 aromatic rings. The Bertz CT molecular complexity index is 1160. The number of ether oxygens (including phenoxy) is 1. The molecule has 2 unspecified atom stereocenters. The van der Waals surface area contributed by atoms with Crippen molar-refractivity contribution in [3.05, 3.63) is 65.3 Å². The average Bonchev–Trinajstić information content (AvgIpc) is 3.45. The summed E-state index contributed by atoms with van der Waals surface area (Å²) in [5.41, 5.74) is 3.89. The highest BCUT2D eigenvalue weighted by Crippen LogP contribution is 2.50. The second-order valence-corrected chi connectivity index (χ2v) is 11.1. The number of allylic oxidation sites excluding steroid dienone is 2. The number of aliphatic hydroxyl groups is 1. The van der Waals surface area contributed by atoms with Crippen LogP contribution in [0.4, 0.5) is 5.69 Å². The molecule has 6 heteroatoms. The van der Waals surface area contributed by atoms with Gasteiger partial charge in [0, 0.05) is 35.0 Å². The van der Waals surface area contributed by atoms with Gasteiger partial charge in [-0.25, -0.2) is 4.98 Å². The van der Waals surface area contributed by atoms with Crippen LogP contribution in [0, 0.1) is 24.2 Å². The van der Waals surface area contributed by atoms with E-state index in [1.807, 2.05) is 19.1 Å². The van der Waals surface area contributed by atoms with Gasteiger partial charge in [-0.2, -0.15) is 0 Å². The molecule has 3 aliphatic rings. The molecule has 2 bridgehead atoms. The van der Waals surface area contributed by atoms with E-state index in [2.05, 4.69) is 67.3 Å². The first-order chi connectivity index (χ1) is 16.1. The van der Waals surface area contributed by atoms with Crippen LogP contribution < -0.4 is 5.32 Å². The van der Waals surface area contributed by atoms with Crippen molar-refractivity contribution in [1.29, 1.82) is 0 Å². The first kappa shape index (κ1) is 23.1. The van der Waals surface area contributed by atoms with Crippen molar-refractivity contribution < 1.29 is 14.6 Å². The Kier molecular flexibility index (Phi) is 5.57. The van der Waals surface area contributed by atoms with Gasteiger partial charge in [0.05, 0.1) is 12.2 Å². The third kappa shape index (κ3) is 3.83. The Labute approximate surface area is 201 Å². The molecule has 0 spiro atoms. The number of fused-ring (bicyclic) bond motifs is 2. The molecule has 3 N–H and O–H groups in total. The lowest BCUT2D eigenvalue weighted by Crippen LogP contribution is -2.53. The highest BCUT2D eigenvalue weighted by molar-refractivity contribution is 6.03. The zero-order valence-corrected chi connectivity index (χ0v) is 20.7. The maximum atomic E-state index is 12.9. The number of aryl methyl sites for hydroxylation is 1. The number of carbonyl (C=O) groups excluding carboxylic acids is 1. The van der Waals surface area contributed by atoms with Gasteiger partial charge in [-0.1, -0.05) is 52.0 Å². The summed E-state index contributed by atoms with van der Waals surface area (Å²) in [5, 5.41) is 15.1. The Balaban J connectivity index is 1.55. The lowest BCUT2D eigenvalue weighted by atomic mass is 9.68. The number of nitrogens with one attached hydrogen (secondary N) is 2. The molecule has 5 atom stereocenters. The summed E-state index contributed by atoms with van der Waals surface area (Å²) < 4.78 is 6.09. The number of anilines is 1. The maximum absolute atomic E-state index is 12.9. The molecule has 180 valence electrons. The van der Waals surface area contributed by atoms with Gasteiger partial charge in [0.15, 0.2) is 5.82 Å². The second kappa shape index (κ2) is 8.21. The third-order valence-electron chi connectivity index (χ3n) is 8.14. The number of rotatable bonds is 4. The van der Waals surface area contributed by atoms with Gasteiger partial charge in [-0.3, -0.25) is 4.79 Å². The van der Waals surface area contributed by atoms with E-state index in [9.17, 15) is 9.90 Å². The molecule has 5 rings (SSSR count). The van der Waals surface area contributed by atoms with E-state index in [1.54, 1.807) is 6.20 Å². The quantitative estimate of drug-likeness (QED) is 0.535. The van der Waals surface area contributed by atoms with Gasteiger partial charge in [-0.15, -0.1) is 0 Å². The number of aromatic amines is 1. The van der Waals surface area contributed by atoms with Gasteiger partial charge < -0.3 is 20.1 Å². The minimum absolute atomic E-state index is 0.0869. The van der Waals surface area contributed by atoms with E-state index in [0.29, 0.717) is 5.82 Å². The van der Waals surface area contributed by atoms with E-state index in [-0.39, 0.29) is 35.4 Å². The first-order valence-electron chi connectivity index (χ1n) is 12.3. The van der Waals surface area contributed by atoms with E-state index in [4.69, 9.17) is 4.74 Å². The van der Waals surface area contributed by atoms with Gasteiger partial charge >= 0.3 is 0 Å². The molecule has 1 amide bonds. The molecule has 1 saturated heterocycles. The van der Waals surface area contributed by atoms with Gasteiger partial charge in [0.1, 0.15) is 5.60 Å². The summed E-state index contributed by atoms with van der Waals surface area (Å²) >= 11 is 0. The van der Waals surface area contributed by atoms with Crippen LogP contribution in [-0.2, 0) is 10.3 Å². The third-order valence-corrected chi connectivity index (χ3v) is 8.14. The van der Waals surface area contributed by atoms with Crippen LogP contribution in [0.25, 0.3) is 5.57 Å². The average molecular weight is 462 g/mol. The molecule has 1 fully saturated rings. The Morgan fingerprint density at radius 3 is 2.50 bits per heavy atom. The Morgan fingerprint density at radius 2 is 1.91 bits per heavy atom. The van der Waals surface area contributed by atoms with Gasteiger partial charge in [0.2, 0.25) is 0 Å². The highest BCUT2D eigenvalue weighted by Gasteiger charge is 2.53. The molecule has 1 aliphatic carbocycles. The van der Waals surface area contributed by atoms with Crippen LogP contribution in [-0.4, -0.2) is 33.2 Å². The van der Waals surface area contributed by atoms with E-state index in [1.165, 1.54) is 5.57 Å². The van der Waals surface area contributed by atoms with Crippen molar-refractivity contribution in [3.63, 3.8) is 0 Å². The summed E-state index contributed by atoms with van der Waals surface area (Å²) in [5.74, 6) is -0.154. The topological polar surface area (TPSA) is 87.2 Å². The second-order valence-electron chi connectivity index (χ2n) is 11.1. The van der Waals surface area contributed by atoms with Crippen LogP contribution in [0.15, 0.2) is 42.6 Å². The summed E-state index contributed by atoms with van der Waals surface area (Å²) in [7, 11) is 0. The minimum Gasteiger partial charge on any atom is -0.384 e. The normalized spacial score (nSPS) is 31.9. The van der Waals surface area contributed by atoms with Crippen molar-refractivity contribution in [2.75, 3.05) is 5.32 Å². The fourth-order valence-corrected chi connectivity index (χ4v) is 5.70. The van der Waals surface area contributed by atoms with E-state index >= 15 is 0 Å². The van der Waals surface area contributed by atoms with Crippen molar-refractivity contribution in [2.24, 2.45) is 17.3 Å². The summed E-state index contributed by atoms with van der Waals surface area (Å²) in [6.07, 6.45) is 10.9. The number of nitrogens with zero attached hydrogens (tertiary/aromatic N) is 1. The summed E-state index contributed by atoms with van der Waals surface area (Å²) in [4.78, 5) is 20.1. The molecule has 6 nitrogen and oxygen atoms in total. The van der Waals surface area contributed by atoms with Gasteiger partial charge in [-0.05, 0) is 54.9 Å². The lowest BCUT2D eigenvalue weighted by Gasteiger charge is -2.47. The molecular weight excluding hydrogens is 426 g/mol. The van der Waals surface area contributed by atoms with Crippen molar-refractivity contribution >= 4 is 17.2 Å². The van der Waals surface area contributed by atoms with Crippen molar-refractivity contribution in [1.82, 2.24) is 9.97 Å². The van der Waals surface area contributed by atoms with Crippen LogP contribution in [0.2, 0.25) is 0 Å². The van der Waals surface area contributed by atoms with Crippen molar-refractivity contribution in [2.45, 2.75) is 71.7 Å². The molecule has 1 aromatic heterocycles. The zero-order valence-electron chi connectivity index (χ0n) is 20.7.